The number of halogens is 8. The molecule has 34 heteroatoms. The van der Waals surface area contributed by atoms with Crippen LogP contribution in [0.2, 0.25) is 30.1 Å². The summed E-state index contributed by atoms with van der Waals surface area (Å²) in [5, 5.41) is 36.6. The number of carbonyl (C=O) groups excluding carboxylic acids is 5. The maximum absolute atomic E-state index is 11.7. The maximum atomic E-state index is 11.7. The highest BCUT2D eigenvalue weighted by Crippen LogP contribution is 2.25. The van der Waals surface area contributed by atoms with Crippen molar-refractivity contribution in [2.45, 2.75) is 69.6 Å². The average molecular weight is 1630 g/mol. The van der Waals surface area contributed by atoms with Crippen LogP contribution in [0.4, 0.5) is 0 Å². The van der Waals surface area contributed by atoms with Gasteiger partial charge >= 0.3 is 0 Å². The van der Waals surface area contributed by atoms with Crippen molar-refractivity contribution >= 4 is 162 Å². The molecule has 8 aromatic rings. The average Bonchev–Trinajstić information content (AvgIpc) is 0.828. The fourth-order valence-electron chi connectivity index (χ4n) is 8.47. The van der Waals surface area contributed by atoms with Gasteiger partial charge in [-0.15, -0.1) is 34.0 Å². The van der Waals surface area contributed by atoms with Gasteiger partial charge in [0.05, 0.1) is 77.2 Å². The van der Waals surface area contributed by atoms with Crippen LogP contribution in [0.1, 0.15) is 103 Å². The number of nitrogens with zero attached hydrogens (tertiary/aromatic N) is 4. The third-order valence-electron chi connectivity index (χ3n) is 13.0. The zero-order valence-electron chi connectivity index (χ0n) is 50.6. The number of ether oxygens (including phenoxy) is 1. The minimum atomic E-state index is -3.39. The molecule has 0 bridgehead atoms. The van der Waals surface area contributed by atoms with Gasteiger partial charge in [-0.1, -0.05) is 103 Å². The standard InChI is InChI=1S/C15H14Cl2N4O2.C15H14Cl2N2O3S.C15H16ClN3O4S.C15H15ClN2O3S.2CH4.2BrH/c1-20-15(23)9-2-8(3-10(16)4-9)6-21-7-11(17)5-12(13(21)18)14(19)22;1-9(20)13-5-11(16)8-19(15(13)18)7-10-3-4-12(6-14(10)17)23(2,21)22;1-23-13-4-3-11(24(2,21)22)5-9(13)7-19-8-10(16)6-12(14(19)17)15(18)20;1-10(19)14-7-12(16)9-18(15(14)17)8-11-3-5-13(6-4-11)22(2,20)21;;;;/h2-5,7,18H,6H2,1H3,(H2,19,22)(H,20,23);3-6,8,18H,7H2,1-2H3;3-6,8,17H,7H2,1-2H3,(H2,18,20);3-7,9,17H,8H2,1-2H3;2*1H4;2*1H. The molecule has 0 spiro atoms. The minimum absolute atomic E-state index is 0. The molecule has 4 heterocycles. The number of Topliss-reactive ketones (excluding diaryl/α,β-unsaturated/α-hetero) is 2. The second-order valence-electron chi connectivity index (χ2n) is 20.1. The predicted molar refractivity (Wildman–Crippen MR) is 384 cm³/mol. The number of sulfone groups is 3. The first kappa shape index (κ1) is 86.8. The molecule has 0 aliphatic rings. The zero-order chi connectivity index (χ0) is 69.1. The smallest absolute Gasteiger partial charge is 0.252 e. The van der Waals surface area contributed by atoms with Crippen LogP contribution in [0.5, 0.6) is 5.75 Å². The van der Waals surface area contributed by atoms with Gasteiger partial charge in [-0.2, -0.15) is 0 Å². The molecule has 0 atom stereocenters. The number of aromatic nitrogens is 4. The summed E-state index contributed by atoms with van der Waals surface area (Å²) in [5.74, 6) is -1.81. The largest absolute Gasteiger partial charge is 0.496 e. The predicted octanol–water partition coefficient (Wildman–Crippen LogP) is 10.6. The van der Waals surface area contributed by atoms with Gasteiger partial charge < -0.3 is 39.8 Å². The number of methoxy groups -OCH3 is 1. The van der Waals surface area contributed by atoms with Crippen molar-refractivity contribution in [1.82, 2.24) is 23.6 Å². The number of nitrogens with two attached hydrogens (primary N) is 2. The van der Waals surface area contributed by atoms with Gasteiger partial charge in [-0.25, -0.2) is 25.3 Å². The molecule has 0 saturated carbocycles. The number of pyridine rings is 4. The topological polar surface area (TPSA) is 376 Å². The summed E-state index contributed by atoms with van der Waals surface area (Å²) in [6, 6.07) is 25.7. The molecule has 0 saturated heterocycles. The number of rotatable bonds is 17. The second-order valence-corrected chi connectivity index (χ2v) is 28.8. The Kier molecular flexibility index (Phi) is 33.4. The number of primary amides is 2. The molecular formula is C62H69Br2Cl6N11O12S3. The van der Waals surface area contributed by atoms with Crippen LogP contribution in [0.15, 0.2) is 143 Å². The molecule has 518 valence electrons. The Morgan fingerprint density at radius 1 is 0.458 bits per heavy atom. The van der Waals surface area contributed by atoms with Gasteiger partial charge in [-0.3, -0.25) is 45.6 Å². The van der Waals surface area contributed by atoms with Crippen LogP contribution < -0.4 is 43.5 Å². The first-order chi connectivity index (χ1) is 42.7. The molecule has 0 radical (unpaired) electrons. The fourth-order valence-corrected chi connectivity index (χ4v) is 11.9. The summed E-state index contributed by atoms with van der Waals surface area (Å²) in [6.07, 6.45) is 9.42. The molecule has 0 fully saturated rings. The van der Waals surface area contributed by atoms with E-state index in [1.165, 1.54) is 127 Å². The molecule has 96 heavy (non-hydrogen) atoms. The monoisotopic (exact) mass is 1620 g/mol. The van der Waals surface area contributed by atoms with Crippen molar-refractivity contribution in [3.63, 3.8) is 0 Å². The Labute approximate surface area is 606 Å². The molecule has 8 rings (SSSR count). The Morgan fingerprint density at radius 3 is 1.19 bits per heavy atom. The lowest BCUT2D eigenvalue weighted by Crippen LogP contribution is -2.29. The fraction of sp³-hybridized carbons (Fsp3) is 0.210. The van der Waals surface area contributed by atoms with Crippen LogP contribution in [0.3, 0.4) is 0 Å². The van der Waals surface area contributed by atoms with Crippen LogP contribution in [-0.4, -0.2) is 106 Å². The quantitative estimate of drug-likeness (QED) is 0.0418. The molecule has 4 aromatic heterocycles. The van der Waals surface area contributed by atoms with E-state index in [2.05, 4.69) is 5.32 Å². The van der Waals surface area contributed by atoms with Gasteiger partial charge in [0, 0.05) is 84.9 Å². The van der Waals surface area contributed by atoms with Crippen LogP contribution in [-0.2, 0) is 55.7 Å². The molecule has 0 unspecified atom stereocenters. The first-order valence-corrected chi connectivity index (χ1v) is 34.2. The van der Waals surface area contributed by atoms with E-state index in [9.17, 15) is 49.2 Å². The summed E-state index contributed by atoms with van der Waals surface area (Å²) < 4.78 is 80.5. The lowest BCUT2D eigenvalue weighted by molar-refractivity contribution is 0.0959. The Morgan fingerprint density at radius 2 is 0.812 bits per heavy atom. The number of hydrogen-bond donors (Lipinski definition) is 7. The molecule has 0 aliphatic carbocycles. The number of hydrogen-bond acceptors (Lipinski definition) is 16. The lowest BCUT2D eigenvalue weighted by atomic mass is 10.1. The lowest BCUT2D eigenvalue weighted by Gasteiger charge is -2.14. The van der Waals surface area contributed by atoms with Gasteiger partial charge in [-0.05, 0) is 115 Å². The summed E-state index contributed by atoms with van der Waals surface area (Å²) in [6.45, 7) is 3.57. The number of amides is 3. The maximum Gasteiger partial charge on any atom is 0.252 e. The SMILES string of the molecule is Br.Br.C.C.CC(=O)c1cc(Cl)cn(Cc2ccc(S(C)(=O)=O)cc2)c1=N.CC(=O)c1cc(Cl)cn(Cc2ccc(S(C)(=O)=O)cc2Cl)c1=N.CNC(=O)c1cc(Cl)cc(Cn2cc(Cl)cc(C(N)=O)c2=N)c1.COc1ccc(S(C)(=O)=O)cc1Cn1cc(Cl)cc(C(N)=O)c1=N. The van der Waals surface area contributed by atoms with E-state index in [-0.39, 0.29) is 160 Å². The molecule has 4 aromatic carbocycles. The van der Waals surface area contributed by atoms with Crippen molar-refractivity contribution in [2.24, 2.45) is 11.5 Å². The third-order valence-corrected chi connectivity index (χ3v) is 17.8. The molecular weight excluding hydrogens is 1560 g/mol. The van der Waals surface area contributed by atoms with Crippen molar-refractivity contribution in [1.29, 1.82) is 21.6 Å². The van der Waals surface area contributed by atoms with E-state index in [1.54, 1.807) is 47.2 Å². The van der Waals surface area contributed by atoms with Crippen LogP contribution >= 0.6 is 104 Å². The van der Waals surface area contributed by atoms with Crippen molar-refractivity contribution in [3.8, 4) is 5.75 Å². The highest BCUT2D eigenvalue weighted by molar-refractivity contribution is 8.93. The highest BCUT2D eigenvalue weighted by Gasteiger charge is 2.18. The molecule has 3 amide bonds. The normalized spacial score (nSPS) is 10.7. The Hall–Kier alpha value is -7.22. The first-order valence-electron chi connectivity index (χ1n) is 26.3. The third kappa shape index (κ3) is 24.1. The van der Waals surface area contributed by atoms with Crippen LogP contribution in [0.25, 0.3) is 0 Å². The summed E-state index contributed by atoms with van der Waals surface area (Å²) >= 11 is 36.1. The number of benzene rings is 4. The molecule has 23 nitrogen and oxygen atoms in total. The zero-order valence-corrected chi connectivity index (χ0v) is 61.0. The Balaban J connectivity index is 0.000000631. The second kappa shape index (κ2) is 36.9. The van der Waals surface area contributed by atoms with E-state index >= 15 is 0 Å². The molecule has 0 aliphatic heterocycles. The van der Waals surface area contributed by atoms with Gasteiger partial charge in [0.2, 0.25) is 0 Å². The van der Waals surface area contributed by atoms with E-state index in [0.717, 1.165) is 24.3 Å². The van der Waals surface area contributed by atoms with Crippen molar-refractivity contribution < 1.29 is 54.0 Å². The van der Waals surface area contributed by atoms with E-state index in [1.807, 2.05) is 0 Å². The number of nitrogens with one attached hydrogen (secondary N) is 5. The van der Waals surface area contributed by atoms with Crippen molar-refractivity contribution in [2.75, 3.05) is 32.9 Å². The number of ketones is 2. The van der Waals surface area contributed by atoms with Crippen LogP contribution in [0, 0.1) is 21.6 Å². The molecule has 9 N–H and O–H groups in total. The van der Waals surface area contributed by atoms with Gasteiger partial charge in [0.15, 0.2) is 41.1 Å². The minimum Gasteiger partial charge on any atom is -0.496 e. The van der Waals surface area contributed by atoms with E-state index < -0.39 is 41.3 Å². The Bertz CT molecular complexity index is 4880. The highest BCUT2D eigenvalue weighted by atomic mass is 79.9. The van der Waals surface area contributed by atoms with Gasteiger partial charge in [0.25, 0.3) is 17.7 Å². The van der Waals surface area contributed by atoms with E-state index in [4.69, 9.17) is 107 Å². The summed E-state index contributed by atoms with van der Waals surface area (Å²) in [4.78, 5) is 58.1. The van der Waals surface area contributed by atoms with E-state index in [0.29, 0.717) is 49.6 Å². The number of carbonyl (C=O) groups is 5. The van der Waals surface area contributed by atoms with Crippen molar-refractivity contribution in [3.05, 3.63) is 230 Å². The summed E-state index contributed by atoms with van der Waals surface area (Å²) in [7, 11) is -6.99. The van der Waals surface area contributed by atoms with Gasteiger partial charge in [0.1, 0.15) is 27.7 Å². The summed E-state index contributed by atoms with van der Waals surface area (Å²) in [5.41, 5.74) is 13.9.